The summed E-state index contributed by atoms with van der Waals surface area (Å²) in [4.78, 5) is 4.52. The van der Waals surface area contributed by atoms with Crippen LogP contribution in [0.25, 0.3) is 11.3 Å². The summed E-state index contributed by atoms with van der Waals surface area (Å²) in [7, 11) is 0. The number of halogens is 1. The molecule has 4 heteroatoms. The van der Waals surface area contributed by atoms with Gasteiger partial charge in [-0.15, -0.1) is 6.58 Å². The molecule has 0 N–H and O–H groups in total. The topological polar surface area (TPSA) is 31.4 Å². The second kappa shape index (κ2) is 8.43. The van der Waals surface area contributed by atoms with Crippen LogP contribution in [0.5, 0.6) is 0 Å². The van der Waals surface area contributed by atoms with Crippen LogP contribution in [0.1, 0.15) is 31.1 Å². The lowest BCUT2D eigenvalue weighted by molar-refractivity contribution is -0.206. The minimum Gasteiger partial charge on any atom is -0.348 e. The molecule has 126 valence electrons. The number of ether oxygens (including phenoxy) is 2. The van der Waals surface area contributed by atoms with E-state index in [-0.39, 0.29) is 6.29 Å². The first-order valence-corrected chi connectivity index (χ1v) is 8.70. The Morgan fingerprint density at radius 1 is 1.12 bits per heavy atom. The first-order valence-electron chi connectivity index (χ1n) is 8.32. The first-order chi connectivity index (χ1) is 11.8. The Bertz CT molecular complexity index is 646. The molecule has 1 aliphatic heterocycles. The number of hydrogen-bond acceptors (Lipinski definition) is 3. The SMILES string of the molecule is C=CCCC[C@H]1CO[C@H](c2ccc(-c3ccc(Cl)cc3)nc2)OC1. The third-order valence-electron chi connectivity index (χ3n) is 4.19. The number of rotatable bonds is 6. The molecule has 1 aliphatic rings. The van der Waals surface area contributed by atoms with Gasteiger partial charge < -0.3 is 9.47 Å². The second-order valence-corrected chi connectivity index (χ2v) is 6.50. The van der Waals surface area contributed by atoms with Crippen LogP contribution in [0.2, 0.25) is 5.02 Å². The zero-order valence-electron chi connectivity index (χ0n) is 13.7. The summed E-state index contributed by atoms with van der Waals surface area (Å²) >= 11 is 5.92. The average molecular weight is 344 g/mol. The molecule has 0 saturated carbocycles. The maximum absolute atomic E-state index is 5.92. The predicted octanol–water partition coefficient (Wildman–Crippen LogP) is 5.42. The molecule has 1 fully saturated rings. The van der Waals surface area contributed by atoms with Crippen LogP contribution in [0.4, 0.5) is 0 Å². The number of nitrogens with zero attached hydrogens (tertiary/aromatic N) is 1. The Labute approximate surface area is 148 Å². The molecule has 1 aromatic heterocycles. The van der Waals surface area contributed by atoms with E-state index in [0.29, 0.717) is 5.92 Å². The van der Waals surface area contributed by atoms with E-state index in [1.165, 1.54) is 0 Å². The lowest BCUT2D eigenvalue weighted by Gasteiger charge is -2.29. The number of benzene rings is 1. The summed E-state index contributed by atoms with van der Waals surface area (Å²) in [5.41, 5.74) is 2.91. The van der Waals surface area contributed by atoms with Crippen molar-refractivity contribution in [2.45, 2.75) is 25.6 Å². The number of hydrogen-bond donors (Lipinski definition) is 0. The standard InChI is InChI=1S/C20H22ClNO2/c1-2-3-4-5-15-13-23-20(24-14-15)17-8-11-19(22-12-17)16-6-9-18(21)10-7-16/h2,6-12,15,20H,1,3-5,13-14H2/t15-,20-. The number of allylic oxidation sites excluding steroid dienone is 1. The van der Waals surface area contributed by atoms with Gasteiger partial charge in [0.1, 0.15) is 0 Å². The van der Waals surface area contributed by atoms with E-state index >= 15 is 0 Å². The molecule has 0 bridgehead atoms. The van der Waals surface area contributed by atoms with Crippen LogP contribution in [0.3, 0.4) is 0 Å². The van der Waals surface area contributed by atoms with Crippen LogP contribution in [-0.2, 0) is 9.47 Å². The molecule has 24 heavy (non-hydrogen) atoms. The van der Waals surface area contributed by atoms with Crippen LogP contribution in [0, 0.1) is 5.92 Å². The van der Waals surface area contributed by atoms with Gasteiger partial charge in [0.15, 0.2) is 6.29 Å². The lowest BCUT2D eigenvalue weighted by Crippen LogP contribution is -2.27. The molecule has 1 saturated heterocycles. The third kappa shape index (κ3) is 4.44. The van der Waals surface area contributed by atoms with E-state index < -0.39 is 0 Å². The van der Waals surface area contributed by atoms with Crippen molar-refractivity contribution in [3.63, 3.8) is 0 Å². The Morgan fingerprint density at radius 2 is 1.88 bits per heavy atom. The van der Waals surface area contributed by atoms with Crippen molar-refractivity contribution < 1.29 is 9.47 Å². The van der Waals surface area contributed by atoms with Gasteiger partial charge in [-0.25, -0.2) is 0 Å². The summed E-state index contributed by atoms with van der Waals surface area (Å²) in [6.07, 6.45) is 6.78. The van der Waals surface area contributed by atoms with Crippen LogP contribution in [-0.4, -0.2) is 18.2 Å². The third-order valence-corrected chi connectivity index (χ3v) is 4.44. The first kappa shape index (κ1) is 17.2. The van der Waals surface area contributed by atoms with Crippen molar-refractivity contribution in [2.75, 3.05) is 13.2 Å². The van der Waals surface area contributed by atoms with Gasteiger partial charge in [0.05, 0.1) is 18.9 Å². The minimum absolute atomic E-state index is 0.313. The predicted molar refractivity (Wildman–Crippen MR) is 96.9 cm³/mol. The van der Waals surface area contributed by atoms with E-state index in [4.69, 9.17) is 21.1 Å². The summed E-state index contributed by atoms with van der Waals surface area (Å²) in [5, 5.41) is 0.724. The summed E-state index contributed by atoms with van der Waals surface area (Å²) in [6.45, 7) is 5.23. The monoisotopic (exact) mass is 343 g/mol. The van der Waals surface area contributed by atoms with Gasteiger partial charge in [0.25, 0.3) is 0 Å². The van der Waals surface area contributed by atoms with Gasteiger partial charge in [-0.2, -0.15) is 0 Å². The van der Waals surface area contributed by atoms with Crippen molar-refractivity contribution in [3.8, 4) is 11.3 Å². The van der Waals surface area contributed by atoms with E-state index in [9.17, 15) is 0 Å². The molecule has 3 rings (SSSR count). The Morgan fingerprint density at radius 3 is 2.50 bits per heavy atom. The van der Waals surface area contributed by atoms with Gasteiger partial charge in [-0.3, -0.25) is 4.98 Å². The quantitative estimate of drug-likeness (QED) is 0.518. The molecule has 2 heterocycles. The highest BCUT2D eigenvalue weighted by molar-refractivity contribution is 6.30. The number of unbranched alkanes of at least 4 members (excludes halogenated alkanes) is 1. The molecule has 0 radical (unpaired) electrons. The van der Waals surface area contributed by atoms with Gasteiger partial charge in [0.2, 0.25) is 0 Å². The molecular formula is C20H22ClNO2. The Kier molecular flexibility index (Phi) is 6.02. The molecule has 0 aliphatic carbocycles. The maximum atomic E-state index is 5.92. The second-order valence-electron chi connectivity index (χ2n) is 6.07. The fourth-order valence-corrected chi connectivity index (χ4v) is 2.92. The number of pyridine rings is 1. The molecule has 1 aromatic carbocycles. The smallest absolute Gasteiger partial charge is 0.185 e. The average Bonchev–Trinajstić information content (AvgIpc) is 2.63. The van der Waals surface area contributed by atoms with Crippen molar-refractivity contribution >= 4 is 11.6 Å². The molecular weight excluding hydrogens is 322 g/mol. The van der Waals surface area contributed by atoms with E-state index in [2.05, 4.69) is 11.6 Å². The summed E-state index contributed by atoms with van der Waals surface area (Å²) < 4.78 is 11.7. The van der Waals surface area contributed by atoms with Gasteiger partial charge in [-0.05, 0) is 37.5 Å². The van der Waals surface area contributed by atoms with Gasteiger partial charge in [0, 0.05) is 28.3 Å². The molecule has 0 spiro atoms. The highest BCUT2D eigenvalue weighted by atomic mass is 35.5. The fraction of sp³-hybridized carbons (Fsp3) is 0.350. The zero-order chi connectivity index (χ0) is 16.8. The highest BCUT2D eigenvalue weighted by Gasteiger charge is 2.23. The van der Waals surface area contributed by atoms with Crippen molar-refractivity contribution in [1.82, 2.24) is 4.98 Å². The van der Waals surface area contributed by atoms with E-state index in [1.54, 1.807) is 0 Å². The largest absolute Gasteiger partial charge is 0.348 e. The van der Waals surface area contributed by atoms with Crippen molar-refractivity contribution in [3.05, 3.63) is 65.8 Å². The molecule has 2 aromatic rings. The van der Waals surface area contributed by atoms with Crippen LogP contribution < -0.4 is 0 Å². The van der Waals surface area contributed by atoms with Crippen molar-refractivity contribution in [1.29, 1.82) is 0 Å². The zero-order valence-corrected chi connectivity index (χ0v) is 14.4. The Hall–Kier alpha value is -1.68. The van der Waals surface area contributed by atoms with Crippen LogP contribution >= 0.6 is 11.6 Å². The number of aromatic nitrogens is 1. The summed E-state index contributed by atoms with van der Waals surface area (Å²) in [5.74, 6) is 0.475. The lowest BCUT2D eigenvalue weighted by atomic mass is 10.0. The minimum atomic E-state index is -0.313. The van der Waals surface area contributed by atoms with E-state index in [0.717, 1.165) is 54.3 Å². The Balaban J connectivity index is 1.56. The van der Waals surface area contributed by atoms with Crippen LogP contribution in [0.15, 0.2) is 55.3 Å². The molecule has 0 unspecified atom stereocenters. The fourth-order valence-electron chi connectivity index (χ4n) is 2.79. The molecule has 3 nitrogen and oxygen atoms in total. The van der Waals surface area contributed by atoms with Gasteiger partial charge >= 0.3 is 0 Å². The van der Waals surface area contributed by atoms with Gasteiger partial charge in [-0.1, -0.05) is 35.9 Å². The maximum Gasteiger partial charge on any atom is 0.185 e. The summed E-state index contributed by atoms with van der Waals surface area (Å²) in [6, 6.07) is 11.7. The molecule has 0 amide bonds. The highest BCUT2D eigenvalue weighted by Crippen LogP contribution is 2.28. The molecule has 0 atom stereocenters. The van der Waals surface area contributed by atoms with Crippen molar-refractivity contribution in [2.24, 2.45) is 5.92 Å². The van der Waals surface area contributed by atoms with E-state index in [1.807, 2.05) is 48.7 Å². The normalized spacial score (nSPS) is 20.7.